The summed E-state index contributed by atoms with van der Waals surface area (Å²) in [5.41, 5.74) is 10.4. The van der Waals surface area contributed by atoms with E-state index in [0.29, 0.717) is 13.2 Å². The number of hydrogen-bond donors (Lipinski definition) is 6. The molecular formula is C14H36N6O2. The second kappa shape index (κ2) is 19.9. The Morgan fingerprint density at radius 1 is 1.09 bits per heavy atom. The standard InChI is InChI=1S/C11H25N5O2.C2H7N.CH4/c1-14-10(11(13)18)4-2-3-5-15-8-16-7-9(17)6-12;1-3-2;/h10,14-16H,2-8,12H2,1H3,(H2,13,18);3H,1-2H3;1H4/t10-;;/m0../s1. The number of carbonyl (C=O) groups is 2. The van der Waals surface area contributed by atoms with Crippen molar-refractivity contribution in [2.45, 2.75) is 32.7 Å². The van der Waals surface area contributed by atoms with Crippen molar-refractivity contribution in [2.24, 2.45) is 11.5 Å². The zero-order valence-corrected chi connectivity index (χ0v) is 13.5. The van der Waals surface area contributed by atoms with Crippen LogP contribution in [0.25, 0.3) is 0 Å². The van der Waals surface area contributed by atoms with Gasteiger partial charge >= 0.3 is 0 Å². The highest BCUT2D eigenvalue weighted by molar-refractivity contribution is 5.82. The minimum absolute atomic E-state index is 0. The summed E-state index contributed by atoms with van der Waals surface area (Å²) in [5, 5.41) is 11.7. The molecule has 8 heteroatoms. The summed E-state index contributed by atoms with van der Waals surface area (Å²) in [6.45, 7) is 1.79. The van der Waals surface area contributed by atoms with Gasteiger partial charge in [-0.1, -0.05) is 13.8 Å². The summed E-state index contributed by atoms with van der Waals surface area (Å²) in [7, 11) is 5.48. The van der Waals surface area contributed by atoms with Gasteiger partial charge in [0, 0.05) is 6.67 Å². The van der Waals surface area contributed by atoms with Gasteiger partial charge < -0.3 is 27.4 Å². The third-order valence-corrected chi connectivity index (χ3v) is 2.59. The Kier molecular flexibility index (Phi) is 23.4. The number of nitrogens with two attached hydrogens (primary N) is 2. The SMILES string of the molecule is C.CNC.CN[C@@H](CCCCNCNCC(=O)CN)C(N)=O. The number of nitrogens with one attached hydrogen (secondary N) is 4. The normalized spacial score (nSPS) is 10.9. The van der Waals surface area contributed by atoms with E-state index in [4.69, 9.17) is 11.5 Å². The van der Waals surface area contributed by atoms with Crippen molar-refractivity contribution in [3.63, 3.8) is 0 Å². The molecule has 0 aliphatic heterocycles. The predicted molar refractivity (Wildman–Crippen MR) is 92.5 cm³/mol. The van der Waals surface area contributed by atoms with E-state index in [0.717, 1.165) is 25.8 Å². The van der Waals surface area contributed by atoms with Crippen molar-refractivity contribution in [1.82, 2.24) is 21.3 Å². The van der Waals surface area contributed by atoms with Crippen LogP contribution in [0.2, 0.25) is 0 Å². The topological polar surface area (TPSA) is 134 Å². The van der Waals surface area contributed by atoms with Crippen LogP contribution in [0.5, 0.6) is 0 Å². The average Bonchev–Trinajstić information content (AvgIpc) is 2.45. The molecule has 0 unspecified atom stereocenters. The number of hydrogen-bond acceptors (Lipinski definition) is 7. The quantitative estimate of drug-likeness (QED) is 0.188. The minimum Gasteiger partial charge on any atom is -0.368 e. The molecule has 0 saturated carbocycles. The minimum atomic E-state index is -0.313. The number of Topliss-reactive ketones (excluding diaryl/α,β-unsaturated/α-hetero) is 1. The monoisotopic (exact) mass is 320 g/mol. The fraction of sp³-hybridized carbons (Fsp3) is 0.857. The maximum Gasteiger partial charge on any atom is 0.234 e. The van der Waals surface area contributed by atoms with Crippen molar-refractivity contribution in [2.75, 3.05) is 47.4 Å². The molecule has 22 heavy (non-hydrogen) atoms. The van der Waals surface area contributed by atoms with Crippen LogP contribution in [-0.4, -0.2) is 65.2 Å². The van der Waals surface area contributed by atoms with Crippen molar-refractivity contribution >= 4 is 11.7 Å². The lowest BCUT2D eigenvalue weighted by molar-refractivity contribution is -0.120. The van der Waals surface area contributed by atoms with Crippen molar-refractivity contribution in [3.05, 3.63) is 0 Å². The zero-order chi connectivity index (χ0) is 16.5. The number of carbonyl (C=O) groups excluding carboxylic acids is 2. The smallest absolute Gasteiger partial charge is 0.234 e. The summed E-state index contributed by atoms with van der Waals surface area (Å²) in [5.74, 6) is -0.317. The zero-order valence-electron chi connectivity index (χ0n) is 13.5. The second-order valence-corrected chi connectivity index (χ2v) is 4.59. The van der Waals surface area contributed by atoms with Gasteiger partial charge in [0.2, 0.25) is 5.91 Å². The van der Waals surface area contributed by atoms with Crippen LogP contribution in [0.4, 0.5) is 0 Å². The van der Waals surface area contributed by atoms with Gasteiger partial charge in [-0.3, -0.25) is 14.9 Å². The molecule has 0 aromatic rings. The van der Waals surface area contributed by atoms with E-state index in [9.17, 15) is 9.59 Å². The number of rotatable bonds is 12. The lowest BCUT2D eigenvalue weighted by atomic mass is 10.1. The Bertz CT molecular complexity index is 264. The van der Waals surface area contributed by atoms with Gasteiger partial charge in [-0.05, 0) is 40.5 Å². The maximum atomic E-state index is 10.9. The van der Waals surface area contributed by atoms with Crippen LogP contribution in [-0.2, 0) is 9.59 Å². The predicted octanol–water partition coefficient (Wildman–Crippen LogP) is -1.63. The first kappa shape index (κ1) is 25.9. The molecule has 0 saturated heterocycles. The number of amides is 1. The van der Waals surface area contributed by atoms with Crippen molar-refractivity contribution < 1.29 is 9.59 Å². The van der Waals surface area contributed by atoms with E-state index in [1.807, 2.05) is 14.1 Å². The summed E-state index contributed by atoms with van der Waals surface area (Å²) >= 11 is 0. The van der Waals surface area contributed by atoms with Crippen LogP contribution in [0.15, 0.2) is 0 Å². The fourth-order valence-electron chi connectivity index (χ4n) is 1.48. The van der Waals surface area contributed by atoms with Gasteiger partial charge in [-0.25, -0.2) is 0 Å². The first-order valence-electron chi connectivity index (χ1n) is 7.21. The first-order valence-corrected chi connectivity index (χ1v) is 7.21. The van der Waals surface area contributed by atoms with Gasteiger partial charge in [0.25, 0.3) is 0 Å². The number of likely N-dealkylation sites (N-methyl/N-ethyl adjacent to an activating group) is 1. The molecule has 8 N–H and O–H groups in total. The van der Waals surface area contributed by atoms with E-state index in [2.05, 4.69) is 21.3 Å². The molecule has 134 valence electrons. The summed E-state index contributed by atoms with van der Waals surface area (Å²) in [6, 6.07) is -0.245. The third-order valence-electron chi connectivity index (χ3n) is 2.59. The number of primary amides is 1. The van der Waals surface area contributed by atoms with Crippen LogP contribution in [0, 0.1) is 0 Å². The van der Waals surface area contributed by atoms with Gasteiger partial charge in [0.15, 0.2) is 5.78 Å². The Labute approximate surface area is 135 Å². The summed E-state index contributed by atoms with van der Waals surface area (Å²) in [4.78, 5) is 21.8. The van der Waals surface area contributed by atoms with E-state index >= 15 is 0 Å². The molecule has 0 bridgehead atoms. The molecule has 1 amide bonds. The van der Waals surface area contributed by atoms with Gasteiger partial charge in [-0.15, -0.1) is 0 Å². The van der Waals surface area contributed by atoms with E-state index in [1.165, 1.54) is 0 Å². The molecule has 0 heterocycles. The highest BCUT2D eigenvalue weighted by Gasteiger charge is 2.10. The highest BCUT2D eigenvalue weighted by Crippen LogP contribution is 1.99. The molecule has 0 radical (unpaired) electrons. The van der Waals surface area contributed by atoms with Gasteiger partial charge in [0.05, 0.1) is 19.1 Å². The van der Waals surface area contributed by atoms with E-state index in [1.54, 1.807) is 7.05 Å². The van der Waals surface area contributed by atoms with Crippen molar-refractivity contribution in [1.29, 1.82) is 0 Å². The molecule has 0 aromatic carbocycles. The Morgan fingerprint density at radius 3 is 2.14 bits per heavy atom. The lowest BCUT2D eigenvalue weighted by Gasteiger charge is -2.11. The lowest BCUT2D eigenvalue weighted by Crippen LogP contribution is -2.39. The maximum absolute atomic E-state index is 10.9. The molecule has 0 spiro atoms. The molecular weight excluding hydrogens is 284 g/mol. The molecule has 8 nitrogen and oxygen atoms in total. The third kappa shape index (κ3) is 18.9. The number of ketones is 1. The molecule has 0 fully saturated rings. The molecule has 1 atom stereocenters. The molecule has 0 aromatic heterocycles. The van der Waals surface area contributed by atoms with Crippen LogP contribution in [0.3, 0.4) is 0 Å². The largest absolute Gasteiger partial charge is 0.368 e. The summed E-state index contributed by atoms with van der Waals surface area (Å²) in [6.07, 6.45) is 2.62. The number of unbranched alkanes of at least 4 members (excludes halogenated alkanes) is 1. The van der Waals surface area contributed by atoms with Crippen LogP contribution < -0.4 is 32.7 Å². The Morgan fingerprint density at radius 2 is 1.68 bits per heavy atom. The average molecular weight is 320 g/mol. The van der Waals surface area contributed by atoms with E-state index < -0.39 is 0 Å². The van der Waals surface area contributed by atoms with E-state index in [-0.39, 0.29) is 31.7 Å². The van der Waals surface area contributed by atoms with Crippen LogP contribution >= 0.6 is 0 Å². The van der Waals surface area contributed by atoms with Gasteiger partial charge in [-0.2, -0.15) is 0 Å². The molecule has 0 aliphatic carbocycles. The van der Waals surface area contributed by atoms with Crippen molar-refractivity contribution in [3.8, 4) is 0 Å². The molecule has 0 aliphatic rings. The second-order valence-electron chi connectivity index (χ2n) is 4.59. The fourth-order valence-corrected chi connectivity index (χ4v) is 1.48. The van der Waals surface area contributed by atoms with Gasteiger partial charge in [0.1, 0.15) is 0 Å². The Balaban J connectivity index is -0.000000827. The summed E-state index contributed by atoms with van der Waals surface area (Å²) < 4.78 is 0. The first-order chi connectivity index (χ1) is 10.0. The van der Waals surface area contributed by atoms with Crippen LogP contribution in [0.1, 0.15) is 26.7 Å². The highest BCUT2D eigenvalue weighted by atomic mass is 16.1. The molecule has 0 rings (SSSR count). The Hall–Kier alpha value is -1.06.